The van der Waals surface area contributed by atoms with Crippen LogP contribution in [0.4, 0.5) is 17.6 Å². The molecule has 1 fully saturated rings. The first-order valence-electron chi connectivity index (χ1n) is 10.7. The Kier molecular flexibility index (Phi) is 7.84. The first-order chi connectivity index (χ1) is 15.3. The van der Waals surface area contributed by atoms with Crippen LogP contribution in [0.3, 0.4) is 0 Å². The quantitative estimate of drug-likeness (QED) is 0.540. The minimum atomic E-state index is -3.42. The molecule has 1 aliphatic rings. The molecule has 0 aliphatic heterocycles. The van der Waals surface area contributed by atoms with Gasteiger partial charge in [-0.25, -0.2) is 18.4 Å². The normalized spacial score (nSPS) is 18.6. The molecule has 0 unspecified atom stereocenters. The van der Waals surface area contributed by atoms with E-state index in [1.54, 1.807) is 24.5 Å². The summed E-state index contributed by atoms with van der Waals surface area (Å²) in [5.41, 5.74) is 0.728. The molecule has 0 spiro atoms. The molecule has 0 saturated heterocycles. The third kappa shape index (κ3) is 6.28. The number of rotatable bonds is 9. The van der Waals surface area contributed by atoms with E-state index >= 15 is 0 Å². The molecule has 2 aromatic heterocycles. The molecule has 11 heteroatoms. The molecular weight excluding hydrogens is 432 g/mol. The molecule has 0 amide bonds. The molecule has 1 aliphatic carbocycles. The molecule has 0 aromatic carbocycles. The average Bonchev–Trinajstić information content (AvgIpc) is 2.78. The summed E-state index contributed by atoms with van der Waals surface area (Å²) in [4.78, 5) is 24.9. The second kappa shape index (κ2) is 10.6. The van der Waals surface area contributed by atoms with Crippen LogP contribution in [0, 0.1) is 5.92 Å². The lowest BCUT2D eigenvalue weighted by atomic mass is 9.86. The van der Waals surface area contributed by atoms with Gasteiger partial charge in [0.15, 0.2) is 0 Å². The minimum absolute atomic E-state index is 0.0272. The second-order valence-corrected chi connectivity index (χ2v) is 9.79. The van der Waals surface area contributed by atoms with E-state index in [0.717, 1.165) is 41.8 Å². The highest BCUT2D eigenvalue weighted by molar-refractivity contribution is 7.92. The van der Waals surface area contributed by atoms with Gasteiger partial charge in [-0.2, -0.15) is 4.98 Å². The lowest BCUT2D eigenvalue weighted by molar-refractivity contribution is -0.149. The number of esters is 1. The van der Waals surface area contributed by atoms with E-state index in [1.165, 1.54) is 7.05 Å². The van der Waals surface area contributed by atoms with Crippen LogP contribution in [-0.4, -0.2) is 55.3 Å². The number of hydrogen-bond donors (Lipinski definition) is 2. The van der Waals surface area contributed by atoms with Gasteiger partial charge < -0.3 is 15.4 Å². The Morgan fingerprint density at radius 3 is 2.62 bits per heavy atom. The number of pyridine rings is 1. The summed E-state index contributed by atoms with van der Waals surface area (Å²) in [7, 11) is -1.94. The molecule has 2 aromatic rings. The summed E-state index contributed by atoms with van der Waals surface area (Å²) >= 11 is 0. The smallest absolute Gasteiger partial charge is 0.308 e. The van der Waals surface area contributed by atoms with Crippen LogP contribution < -0.4 is 14.9 Å². The number of ether oxygens (including phenoxy) is 1. The molecular formula is C21H30N6O4S. The molecule has 10 nitrogen and oxygen atoms in total. The molecule has 0 bridgehead atoms. The number of hydrogen-bond acceptors (Lipinski definition) is 9. The van der Waals surface area contributed by atoms with E-state index in [2.05, 4.69) is 25.6 Å². The summed E-state index contributed by atoms with van der Waals surface area (Å²) in [6, 6.07) is 5.53. The molecule has 0 radical (unpaired) electrons. The van der Waals surface area contributed by atoms with Crippen LogP contribution in [0.5, 0.6) is 0 Å². The predicted molar refractivity (Wildman–Crippen MR) is 123 cm³/mol. The van der Waals surface area contributed by atoms with E-state index in [0.29, 0.717) is 30.7 Å². The number of sulfonamides is 1. The van der Waals surface area contributed by atoms with Gasteiger partial charge in [0.1, 0.15) is 11.6 Å². The fraction of sp³-hybridized carbons (Fsp3) is 0.524. The fourth-order valence-corrected chi connectivity index (χ4v) is 4.12. The van der Waals surface area contributed by atoms with E-state index in [9.17, 15) is 13.2 Å². The summed E-state index contributed by atoms with van der Waals surface area (Å²) in [6.45, 7) is 2.59. The van der Waals surface area contributed by atoms with Gasteiger partial charge in [0.25, 0.3) is 0 Å². The first-order valence-corrected chi connectivity index (χ1v) is 12.5. The summed E-state index contributed by atoms with van der Waals surface area (Å²) in [5, 5.41) is 6.55. The zero-order valence-electron chi connectivity index (χ0n) is 18.6. The highest BCUT2D eigenvalue weighted by Gasteiger charge is 2.27. The Hall–Kier alpha value is -2.95. The molecule has 32 heavy (non-hydrogen) atoms. The number of carbonyl (C=O) groups excluding carboxylic acids is 1. The molecule has 1 saturated carbocycles. The Labute approximate surface area is 188 Å². The van der Waals surface area contributed by atoms with Crippen LogP contribution in [-0.2, 0) is 26.1 Å². The summed E-state index contributed by atoms with van der Waals surface area (Å²) < 4.78 is 30.1. The van der Waals surface area contributed by atoms with Gasteiger partial charge in [0.2, 0.25) is 16.0 Å². The first kappa shape index (κ1) is 23.7. The van der Waals surface area contributed by atoms with E-state index in [1.807, 2.05) is 13.0 Å². The van der Waals surface area contributed by atoms with Crippen molar-refractivity contribution in [3.8, 4) is 0 Å². The van der Waals surface area contributed by atoms with Gasteiger partial charge in [-0.15, -0.1) is 0 Å². The van der Waals surface area contributed by atoms with Crippen molar-refractivity contribution < 1.29 is 17.9 Å². The van der Waals surface area contributed by atoms with Crippen molar-refractivity contribution in [2.24, 2.45) is 5.92 Å². The lowest BCUT2D eigenvalue weighted by Crippen LogP contribution is -2.30. The monoisotopic (exact) mass is 462 g/mol. The summed E-state index contributed by atoms with van der Waals surface area (Å²) in [6.07, 6.45) is 7.63. The number of anilines is 3. The number of carbonyl (C=O) groups is 1. The Balaban J connectivity index is 1.58. The number of nitrogens with one attached hydrogen (secondary N) is 2. The Morgan fingerprint density at radius 2 is 1.94 bits per heavy atom. The van der Waals surface area contributed by atoms with Crippen LogP contribution in [0.1, 0.15) is 38.2 Å². The maximum Gasteiger partial charge on any atom is 0.308 e. The van der Waals surface area contributed by atoms with Crippen molar-refractivity contribution in [1.29, 1.82) is 0 Å². The highest BCUT2D eigenvalue weighted by atomic mass is 32.2. The third-order valence-corrected chi connectivity index (χ3v) is 6.63. The van der Waals surface area contributed by atoms with Gasteiger partial charge in [-0.1, -0.05) is 6.07 Å². The van der Waals surface area contributed by atoms with E-state index in [4.69, 9.17) is 4.74 Å². The van der Waals surface area contributed by atoms with Gasteiger partial charge in [-0.3, -0.25) is 9.10 Å². The third-order valence-electron chi connectivity index (χ3n) is 5.46. The van der Waals surface area contributed by atoms with Crippen LogP contribution in [0.2, 0.25) is 0 Å². The Bertz CT molecular complexity index is 1020. The number of aromatic nitrogens is 3. The number of nitrogens with zero attached hydrogens (tertiary/aromatic N) is 4. The predicted octanol–water partition coefficient (Wildman–Crippen LogP) is 2.41. The van der Waals surface area contributed by atoms with Crippen molar-refractivity contribution in [2.45, 2.75) is 45.2 Å². The zero-order chi connectivity index (χ0) is 23.1. The molecule has 174 valence electrons. The zero-order valence-corrected chi connectivity index (χ0v) is 19.4. The van der Waals surface area contributed by atoms with Crippen LogP contribution in [0.25, 0.3) is 0 Å². The highest BCUT2D eigenvalue weighted by Crippen LogP contribution is 2.27. The van der Waals surface area contributed by atoms with Gasteiger partial charge in [-0.05, 0) is 44.7 Å². The van der Waals surface area contributed by atoms with Gasteiger partial charge >= 0.3 is 5.97 Å². The fourth-order valence-electron chi connectivity index (χ4n) is 3.64. The average molecular weight is 463 g/mol. The van der Waals surface area contributed by atoms with Crippen molar-refractivity contribution in [2.75, 3.05) is 34.8 Å². The molecule has 0 atom stereocenters. The lowest BCUT2D eigenvalue weighted by Gasteiger charge is -2.27. The Morgan fingerprint density at radius 1 is 1.19 bits per heavy atom. The van der Waals surface area contributed by atoms with Crippen LogP contribution in [0.15, 0.2) is 30.6 Å². The SMILES string of the molecule is CCOC(=O)[C@H]1CC[C@@H](Nc2nccc(NCc3cccnc3N(C)S(C)(=O)=O)n2)CC1. The van der Waals surface area contributed by atoms with E-state index in [-0.39, 0.29) is 17.9 Å². The van der Waals surface area contributed by atoms with Crippen molar-refractivity contribution >= 4 is 33.6 Å². The van der Waals surface area contributed by atoms with Crippen molar-refractivity contribution in [3.05, 3.63) is 36.2 Å². The topological polar surface area (TPSA) is 126 Å². The maximum atomic E-state index is 11.9. The van der Waals surface area contributed by atoms with Crippen molar-refractivity contribution in [3.63, 3.8) is 0 Å². The standard InChI is InChI=1S/C21H30N6O4S/c1-4-31-20(28)15-7-9-17(10-8-15)25-21-23-13-11-18(26-21)24-14-16-6-5-12-22-19(16)27(2)32(3,29)30/h5-6,11-13,15,17H,4,7-10,14H2,1-3H3,(H2,23,24,25,26)/t15-,17+. The van der Waals surface area contributed by atoms with Crippen molar-refractivity contribution in [1.82, 2.24) is 15.0 Å². The molecule has 2 N–H and O–H groups in total. The maximum absolute atomic E-state index is 11.9. The molecule has 2 heterocycles. The van der Waals surface area contributed by atoms with Gasteiger partial charge in [0.05, 0.1) is 18.8 Å². The summed E-state index contributed by atoms with van der Waals surface area (Å²) in [5.74, 6) is 1.35. The van der Waals surface area contributed by atoms with E-state index < -0.39 is 10.0 Å². The van der Waals surface area contributed by atoms with Crippen LogP contribution >= 0.6 is 0 Å². The van der Waals surface area contributed by atoms with Gasteiger partial charge in [0, 0.05) is 37.6 Å². The minimum Gasteiger partial charge on any atom is -0.466 e. The molecule has 3 rings (SSSR count). The largest absolute Gasteiger partial charge is 0.466 e. The second-order valence-electron chi connectivity index (χ2n) is 7.78.